The summed E-state index contributed by atoms with van der Waals surface area (Å²) in [6.45, 7) is 2.58. The lowest BCUT2D eigenvalue weighted by Gasteiger charge is -2.46. The van der Waals surface area contributed by atoms with Gasteiger partial charge in [0.25, 0.3) is 0 Å². The maximum Gasteiger partial charge on any atom is 0.220 e. The van der Waals surface area contributed by atoms with Crippen LogP contribution in [0.4, 0.5) is 0 Å². The predicted molar refractivity (Wildman–Crippen MR) is 318 cm³/mol. The minimum absolute atomic E-state index is 0.258. The van der Waals surface area contributed by atoms with Crippen LogP contribution in [0.3, 0.4) is 0 Å². The van der Waals surface area contributed by atoms with Gasteiger partial charge in [-0.1, -0.05) is 206 Å². The van der Waals surface area contributed by atoms with Crippen LogP contribution in [0.2, 0.25) is 0 Å². The number of ether oxygens (including phenoxy) is 4. The first-order valence-corrected chi connectivity index (χ1v) is 30.3. The summed E-state index contributed by atoms with van der Waals surface area (Å²) in [7, 11) is 0. The van der Waals surface area contributed by atoms with E-state index in [1.165, 1.54) is 57.8 Å². The Labute approximate surface area is 476 Å². The topological polar surface area (TPSA) is 228 Å². The average Bonchev–Trinajstić information content (AvgIpc) is 3.49. The number of aliphatic hydroxyl groups is 8. The molecule has 9 N–H and O–H groups in total. The van der Waals surface area contributed by atoms with Gasteiger partial charge in [0.15, 0.2) is 12.6 Å². The standard InChI is InChI=1S/C65H107NO13/c1-3-5-7-9-11-13-15-17-18-19-20-21-22-23-24-25-26-27-28-29-30-31-32-33-34-35-36-37-39-41-43-45-47-49-57(70)66-53(54(69)48-46-44-42-40-38-16-14-12-10-8-6-4-2)52-76-64-62(75)60(73)63(56(51-68)78-64)79-65-61(74)59(72)58(71)55(50-67)77-65/h5,7,10-13,17-18,20-21,23-24,26-27,29-30,38,40,46,48,53-56,58-65,67-69,71-75H,3-4,6,8-9,14-16,19,22,25,28,31-37,39,41-45,47,49-52H2,1-2H3,(H,66,70)/b7-5-,12-10+,13-11-,18-17-,21-20-,24-23-,27-26-,30-29-,40-38+,48-46+. The second-order valence-electron chi connectivity index (χ2n) is 20.7. The summed E-state index contributed by atoms with van der Waals surface area (Å²) in [5.41, 5.74) is 0. The zero-order valence-corrected chi connectivity index (χ0v) is 48.3. The lowest BCUT2D eigenvalue weighted by molar-refractivity contribution is -0.359. The number of rotatable bonds is 46. The van der Waals surface area contributed by atoms with Crippen LogP contribution in [0.25, 0.3) is 0 Å². The highest BCUT2D eigenvalue weighted by atomic mass is 16.7. The third-order valence-electron chi connectivity index (χ3n) is 13.9. The van der Waals surface area contributed by atoms with E-state index in [0.29, 0.717) is 12.8 Å². The molecule has 0 spiro atoms. The molecule has 0 aromatic heterocycles. The fraction of sp³-hybridized carbons (Fsp3) is 0.677. The van der Waals surface area contributed by atoms with Gasteiger partial charge in [-0.15, -0.1) is 0 Å². The number of carbonyl (C=O) groups is 1. The average molecular weight is 1110 g/mol. The van der Waals surface area contributed by atoms with Crippen LogP contribution >= 0.6 is 0 Å². The number of aliphatic hydroxyl groups excluding tert-OH is 8. The summed E-state index contributed by atoms with van der Waals surface area (Å²) >= 11 is 0. The summed E-state index contributed by atoms with van der Waals surface area (Å²) in [4.78, 5) is 13.2. The summed E-state index contributed by atoms with van der Waals surface area (Å²) in [5.74, 6) is -0.264. The van der Waals surface area contributed by atoms with Crippen molar-refractivity contribution < 1.29 is 64.6 Å². The van der Waals surface area contributed by atoms with Crippen molar-refractivity contribution in [2.75, 3.05) is 19.8 Å². The van der Waals surface area contributed by atoms with Gasteiger partial charge < -0.3 is 65.1 Å². The number of hydrogen-bond donors (Lipinski definition) is 9. The molecule has 2 aliphatic heterocycles. The Morgan fingerprint density at radius 3 is 1.39 bits per heavy atom. The Bertz CT molecular complexity index is 1790. The van der Waals surface area contributed by atoms with Gasteiger partial charge >= 0.3 is 0 Å². The van der Waals surface area contributed by atoms with Gasteiger partial charge in [-0.25, -0.2) is 0 Å². The monoisotopic (exact) mass is 1110 g/mol. The summed E-state index contributed by atoms with van der Waals surface area (Å²) in [6, 6.07) is -0.946. The van der Waals surface area contributed by atoms with Crippen molar-refractivity contribution in [1.29, 1.82) is 0 Å². The minimum Gasteiger partial charge on any atom is -0.394 e. The van der Waals surface area contributed by atoms with E-state index < -0.39 is 86.8 Å². The third kappa shape index (κ3) is 34.4. The second kappa shape index (κ2) is 49.0. The highest BCUT2D eigenvalue weighted by Crippen LogP contribution is 2.30. The van der Waals surface area contributed by atoms with Gasteiger partial charge in [0.2, 0.25) is 5.91 Å². The highest BCUT2D eigenvalue weighted by molar-refractivity contribution is 5.76. The molecule has 0 bridgehead atoms. The quantitative estimate of drug-likeness (QED) is 0.0204. The van der Waals surface area contributed by atoms with Crippen LogP contribution in [0, 0.1) is 0 Å². The van der Waals surface area contributed by atoms with E-state index in [1.807, 2.05) is 6.08 Å². The van der Waals surface area contributed by atoms with Crippen molar-refractivity contribution in [2.24, 2.45) is 0 Å². The van der Waals surface area contributed by atoms with E-state index in [2.05, 4.69) is 129 Å². The zero-order chi connectivity index (χ0) is 57.4. The second-order valence-corrected chi connectivity index (χ2v) is 20.7. The number of allylic oxidation sites excluding steroid dienone is 19. The summed E-state index contributed by atoms with van der Waals surface area (Å²) < 4.78 is 22.7. The Balaban J connectivity index is 1.67. The number of nitrogens with one attached hydrogen (secondary N) is 1. The Kier molecular flexibility index (Phi) is 44.4. The molecular weight excluding hydrogens is 1000 g/mol. The van der Waals surface area contributed by atoms with E-state index in [0.717, 1.165) is 96.3 Å². The van der Waals surface area contributed by atoms with E-state index in [9.17, 15) is 45.6 Å². The predicted octanol–water partition coefficient (Wildman–Crippen LogP) is 10.6. The molecule has 0 aromatic rings. The van der Waals surface area contributed by atoms with Crippen molar-refractivity contribution in [1.82, 2.24) is 5.32 Å². The molecule has 0 saturated carbocycles. The Morgan fingerprint density at radius 1 is 0.468 bits per heavy atom. The third-order valence-corrected chi connectivity index (χ3v) is 13.9. The van der Waals surface area contributed by atoms with Gasteiger partial charge in [-0.3, -0.25) is 4.79 Å². The molecule has 79 heavy (non-hydrogen) atoms. The van der Waals surface area contributed by atoms with Crippen LogP contribution in [-0.4, -0.2) is 140 Å². The van der Waals surface area contributed by atoms with E-state index in [-0.39, 0.29) is 18.9 Å². The van der Waals surface area contributed by atoms with Crippen molar-refractivity contribution in [3.05, 3.63) is 122 Å². The molecule has 2 fully saturated rings. The van der Waals surface area contributed by atoms with Crippen LogP contribution in [-0.2, 0) is 23.7 Å². The SMILES string of the molecule is CC/C=C\C/C=C\C/C=C\C/C=C\C/C=C\C/C=C\C/C=C\CCCCCCCCCCCCCC(=O)NC(COC1OC(CO)C(OC2OC(CO)C(O)C(O)C2O)C(O)C1O)C(O)/C=C/CC/C=C/CC/C=C/CCCC. The van der Waals surface area contributed by atoms with E-state index >= 15 is 0 Å². The first kappa shape index (κ1) is 71.5. The first-order chi connectivity index (χ1) is 38.6. The fourth-order valence-corrected chi connectivity index (χ4v) is 8.99. The van der Waals surface area contributed by atoms with Gasteiger partial charge in [0.05, 0.1) is 32.0 Å². The molecule has 0 aromatic carbocycles. The van der Waals surface area contributed by atoms with Crippen molar-refractivity contribution in [2.45, 2.75) is 261 Å². The van der Waals surface area contributed by atoms with E-state index in [4.69, 9.17) is 18.9 Å². The van der Waals surface area contributed by atoms with Crippen molar-refractivity contribution >= 4 is 5.91 Å². The molecule has 12 unspecified atom stereocenters. The lowest BCUT2D eigenvalue weighted by Crippen LogP contribution is -2.65. The van der Waals surface area contributed by atoms with Crippen LogP contribution in [0.1, 0.15) is 187 Å². The van der Waals surface area contributed by atoms with Gasteiger partial charge in [0.1, 0.15) is 48.8 Å². The van der Waals surface area contributed by atoms with Gasteiger partial charge in [0, 0.05) is 6.42 Å². The number of amides is 1. The fourth-order valence-electron chi connectivity index (χ4n) is 8.99. The molecule has 2 aliphatic rings. The largest absolute Gasteiger partial charge is 0.394 e. The molecule has 1 amide bonds. The normalized spacial score (nSPS) is 25.3. The number of carbonyl (C=O) groups excluding carboxylic acids is 1. The number of hydrogen-bond acceptors (Lipinski definition) is 13. The molecule has 2 saturated heterocycles. The molecule has 0 radical (unpaired) electrons. The first-order valence-electron chi connectivity index (χ1n) is 30.3. The molecule has 14 heteroatoms. The smallest absolute Gasteiger partial charge is 0.220 e. The van der Waals surface area contributed by atoms with Gasteiger partial charge in [-0.05, 0) is 96.3 Å². The zero-order valence-electron chi connectivity index (χ0n) is 48.3. The molecule has 450 valence electrons. The van der Waals surface area contributed by atoms with Crippen LogP contribution in [0.15, 0.2) is 122 Å². The minimum atomic E-state index is -1.80. The van der Waals surface area contributed by atoms with Crippen molar-refractivity contribution in [3.8, 4) is 0 Å². The molecular formula is C65H107NO13. The van der Waals surface area contributed by atoms with Crippen molar-refractivity contribution in [3.63, 3.8) is 0 Å². The van der Waals surface area contributed by atoms with Crippen LogP contribution in [0.5, 0.6) is 0 Å². The summed E-state index contributed by atoms with van der Waals surface area (Å²) in [5, 5.41) is 86.9. The molecule has 14 nitrogen and oxygen atoms in total. The Morgan fingerprint density at radius 2 is 0.886 bits per heavy atom. The Hall–Kier alpha value is -3.61. The van der Waals surface area contributed by atoms with Crippen LogP contribution < -0.4 is 5.32 Å². The summed E-state index contributed by atoms with van der Waals surface area (Å²) in [6.07, 6.45) is 53.9. The van der Waals surface area contributed by atoms with Gasteiger partial charge in [-0.2, -0.15) is 0 Å². The highest BCUT2D eigenvalue weighted by Gasteiger charge is 2.51. The molecule has 12 atom stereocenters. The number of unbranched alkanes of at least 4 members (excludes halogenated alkanes) is 15. The maximum atomic E-state index is 13.2. The molecule has 2 rings (SSSR count). The maximum absolute atomic E-state index is 13.2. The van der Waals surface area contributed by atoms with E-state index in [1.54, 1.807) is 6.08 Å². The molecule has 0 aliphatic carbocycles. The molecule has 2 heterocycles. The lowest BCUT2D eigenvalue weighted by atomic mass is 9.97.